The predicted molar refractivity (Wildman–Crippen MR) is 78.0 cm³/mol. The van der Waals surface area contributed by atoms with Crippen molar-refractivity contribution in [3.63, 3.8) is 0 Å². The summed E-state index contributed by atoms with van der Waals surface area (Å²) in [6.07, 6.45) is 0.281. The molecular formula is C15H20N2O5. The van der Waals surface area contributed by atoms with Gasteiger partial charge in [-0.25, -0.2) is 0 Å². The maximum Gasteiger partial charge on any atom is 0.251 e. The van der Waals surface area contributed by atoms with E-state index in [9.17, 15) is 9.59 Å². The second-order valence-corrected chi connectivity index (χ2v) is 5.11. The molecule has 0 saturated carbocycles. The maximum absolute atomic E-state index is 12.2. The number of amides is 2. The van der Waals surface area contributed by atoms with Gasteiger partial charge in [0.25, 0.3) is 5.91 Å². The van der Waals surface area contributed by atoms with Crippen molar-refractivity contribution in [1.82, 2.24) is 5.32 Å². The van der Waals surface area contributed by atoms with E-state index >= 15 is 0 Å². The number of nitrogens with two attached hydrogens (primary N) is 1. The van der Waals surface area contributed by atoms with Crippen LogP contribution in [0, 0.1) is 0 Å². The Bertz CT molecular complexity index is 517. The van der Waals surface area contributed by atoms with Crippen molar-refractivity contribution >= 4 is 11.8 Å². The molecule has 1 heterocycles. The van der Waals surface area contributed by atoms with Crippen LogP contribution in [0.25, 0.3) is 0 Å². The Morgan fingerprint density at radius 1 is 1.36 bits per heavy atom. The van der Waals surface area contributed by atoms with Crippen LogP contribution in [0.3, 0.4) is 0 Å². The third-order valence-electron chi connectivity index (χ3n) is 3.45. The predicted octanol–water partition coefficient (Wildman–Crippen LogP) is -0.432. The van der Waals surface area contributed by atoms with Gasteiger partial charge < -0.3 is 25.6 Å². The van der Waals surface area contributed by atoms with Crippen LogP contribution in [-0.2, 0) is 20.9 Å². The molecule has 0 radical (unpaired) electrons. The summed E-state index contributed by atoms with van der Waals surface area (Å²) in [5, 5.41) is 11.8. The van der Waals surface area contributed by atoms with Crippen molar-refractivity contribution in [3.05, 3.63) is 35.4 Å². The van der Waals surface area contributed by atoms with E-state index in [4.69, 9.17) is 20.3 Å². The molecule has 2 rings (SSSR count). The van der Waals surface area contributed by atoms with Gasteiger partial charge in [0.15, 0.2) is 0 Å². The van der Waals surface area contributed by atoms with Gasteiger partial charge >= 0.3 is 0 Å². The van der Waals surface area contributed by atoms with Gasteiger partial charge in [-0.3, -0.25) is 9.59 Å². The number of rotatable bonds is 6. The summed E-state index contributed by atoms with van der Waals surface area (Å²) in [5.74, 6) is -0.802. The monoisotopic (exact) mass is 308 g/mol. The van der Waals surface area contributed by atoms with Gasteiger partial charge in [-0.2, -0.15) is 0 Å². The van der Waals surface area contributed by atoms with E-state index in [2.05, 4.69) is 5.32 Å². The number of aliphatic hydroxyl groups excluding tert-OH is 1. The number of benzene rings is 1. The fourth-order valence-corrected chi connectivity index (χ4v) is 2.25. The van der Waals surface area contributed by atoms with Gasteiger partial charge in [0.1, 0.15) is 6.61 Å². The Labute approximate surface area is 128 Å². The van der Waals surface area contributed by atoms with Crippen LogP contribution >= 0.6 is 0 Å². The van der Waals surface area contributed by atoms with Crippen LogP contribution < -0.4 is 11.1 Å². The zero-order valence-electron chi connectivity index (χ0n) is 12.2. The highest BCUT2D eigenvalue weighted by Crippen LogP contribution is 2.13. The Hall–Kier alpha value is -1.96. The van der Waals surface area contributed by atoms with Crippen LogP contribution in [0.1, 0.15) is 22.3 Å². The topological polar surface area (TPSA) is 111 Å². The first-order valence-electron chi connectivity index (χ1n) is 7.08. The van der Waals surface area contributed by atoms with Gasteiger partial charge in [0, 0.05) is 12.2 Å². The Balaban J connectivity index is 1.96. The van der Waals surface area contributed by atoms with Crippen molar-refractivity contribution in [2.24, 2.45) is 5.73 Å². The lowest BCUT2D eigenvalue weighted by atomic mass is 10.1. The van der Waals surface area contributed by atoms with Crippen LogP contribution in [0.15, 0.2) is 24.3 Å². The summed E-state index contributed by atoms with van der Waals surface area (Å²) in [6, 6.07) is 6.33. The molecular weight excluding hydrogens is 288 g/mol. The fraction of sp³-hybridized carbons (Fsp3) is 0.467. The highest BCUT2D eigenvalue weighted by atomic mass is 16.5. The molecule has 1 aliphatic rings. The summed E-state index contributed by atoms with van der Waals surface area (Å²) >= 11 is 0. The molecule has 1 aromatic carbocycles. The van der Waals surface area contributed by atoms with Crippen LogP contribution in [0.4, 0.5) is 0 Å². The summed E-state index contributed by atoms with van der Waals surface area (Å²) in [4.78, 5) is 23.0. The minimum Gasteiger partial charge on any atom is -0.392 e. The van der Waals surface area contributed by atoms with E-state index in [0.717, 1.165) is 5.56 Å². The second-order valence-electron chi connectivity index (χ2n) is 5.11. The van der Waals surface area contributed by atoms with Crippen molar-refractivity contribution < 1.29 is 24.2 Å². The zero-order chi connectivity index (χ0) is 15.9. The van der Waals surface area contributed by atoms with Crippen LogP contribution in [0.5, 0.6) is 0 Å². The van der Waals surface area contributed by atoms with E-state index in [1.807, 2.05) is 0 Å². The van der Waals surface area contributed by atoms with Crippen molar-refractivity contribution in [1.29, 1.82) is 0 Å². The van der Waals surface area contributed by atoms with Gasteiger partial charge in [-0.05, 0) is 24.1 Å². The number of hydrogen-bond donors (Lipinski definition) is 3. The zero-order valence-corrected chi connectivity index (χ0v) is 12.2. The smallest absolute Gasteiger partial charge is 0.251 e. The van der Waals surface area contributed by atoms with E-state index in [0.29, 0.717) is 25.2 Å². The van der Waals surface area contributed by atoms with Gasteiger partial charge in [0.05, 0.1) is 25.4 Å². The lowest BCUT2D eigenvalue weighted by Crippen LogP contribution is -2.51. The summed E-state index contributed by atoms with van der Waals surface area (Å²) in [6.45, 7) is 0.592. The number of ether oxygens (including phenoxy) is 2. The van der Waals surface area contributed by atoms with E-state index in [1.54, 1.807) is 24.3 Å². The largest absolute Gasteiger partial charge is 0.392 e. The molecule has 4 N–H and O–H groups in total. The minimum atomic E-state index is -0.545. The molecule has 0 bridgehead atoms. The molecule has 7 nitrogen and oxygen atoms in total. The average molecular weight is 308 g/mol. The molecule has 0 spiro atoms. The number of aliphatic hydroxyl groups is 1. The number of hydrogen-bond acceptors (Lipinski definition) is 5. The van der Waals surface area contributed by atoms with E-state index in [-0.39, 0.29) is 31.3 Å². The summed E-state index contributed by atoms with van der Waals surface area (Å²) < 4.78 is 10.8. The lowest BCUT2D eigenvalue weighted by Gasteiger charge is -2.31. The molecule has 0 aromatic heterocycles. The van der Waals surface area contributed by atoms with Crippen molar-refractivity contribution in [3.8, 4) is 0 Å². The molecule has 1 saturated heterocycles. The number of carbonyl (C=O) groups is 2. The quantitative estimate of drug-likeness (QED) is 0.660. The number of primary amides is 1. The Morgan fingerprint density at radius 3 is 2.73 bits per heavy atom. The van der Waals surface area contributed by atoms with Crippen LogP contribution in [0.2, 0.25) is 0 Å². The molecule has 22 heavy (non-hydrogen) atoms. The third-order valence-corrected chi connectivity index (χ3v) is 3.45. The summed E-state index contributed by atoms with van der Waals surface area (Å²) in [5.41, 5.74) is 6.29. The molecule has 1 aromatic rings. The van der Waals surface area contributed by atoms with E-state index < -0.39 is 5.91 Å². The Kier molecular flexibility index (Phi) is 5.88. The first-order valence-corrected chi connectivity index (χ1v) is 7.08. The normalized spacial score (nSPS) is 21.3. The van der Waals surface area contributed by atoms with Crippen molar-refractivity contribution in [2.75, 3.05) is 19.8 Å². The fourth-order valence-electron chi connectivity index (χ4n) is 2.25. The highest BCUT2D eigenvalue weighted by Gasteiger charge is 2.28. The van der Waals surface area contributed by atoms with Gasteiger partial charge in [-0.15, -0.1) is 0 Å². The SMILES string of the molecule is NC(=O)CO[C@H]1CCOC[C@H]1NC(=O)c1ccc(CO)cc1. The maximum atomic E-state index is 12.2. The standard InChI is InChI=1S/C15H20N2O5/c16-14(19)9-22-13-5-6-21-8-12(13)17-15(20)11-3-1-10(7-18)2-4-11/h1-4,12-13,18H,5-9H2,(H2,16,19)(H,17,20)/t12-,13+/m1/s1. The molecule has 2 amide bonds. The molecule has 7 heteroatoms. The molecule has 2 atom stereocenters. The van der Waals surface area contributed by atoms with Gasteiger partial charge in [0.2, 0.25) is 5.91 Å². The second kappa shape index (κ2) is 7.88. The molecule has 0 unspecified atom stereocenters. The average Bonchev–Trinajstić information content (AvgIpc) is 2.54. The van der Waals surface area contributed by atoms with Crippen LogP contribution in [-0.4, -0.2) is 48.9 Å². The molecule has 0 aliphatic carbocycles. The van der Waals surface area contributed by atoms with Gasteiger partial charge in [-0.1, -0.05) is 12.1 Å². The minimum absolute atomic E-state index is 0.0681. The highest BCUT2D eigenvalue weighted by molar-refractivity contribution is 5.94. The van der Waals surface area contributed by atoms with E-state index in [1.165, 1.54) is 0 Å². The molecule has 120 valence electrons. The molecule has 1 aliphatic heterocycles. The first kappa shape index (κ1) is 16.4. The first-order chi connectivity index (χ1) is 10.6. The number of carbonyl (C=O) groups excluding carboxylic acids is 2. The molecule has 1 fully saturated rings. The van der Waals surface area contributed by atoms with Crippen molar-refractivity contribution in [2.45, 2.75) is 25.2 Å². The Morgan fingerprint density at radius 2 is 2.09 bits per heavy atom. The lowest BCUT2D eigenvalue weighted by molar-refractivity contribution is -0.128. The third kappa shape index (κ3) is 4.52. The number of nitrogens with one attached hydrogen (secondary N) is 1. The summed E-state index contributed by atoms with van der Waals surface area (Å²) in [7, 11) is 0.